The molecular weight excluding hydrogens is 264 g/mol. The summed E-state index contributed by atoms with van der Waals surface area (Å²) >= 11 is 1.34. The molecule has 2 rings (SSSR count). The van der Waals surface area contributed by atoms with E-state index in [1.165, 1.54) is 11.3 Å². The highest BCUT2D eigenvalue weighted by molar-refractivity contribution is 7.12. The lowest BCUT2D eigenvalue weighted by Gasteiger charge is -2.31. The van der Waals surface area contributed by atoms with Crippen LogP contribution in [0, 0.1) is 5.92 Å². The van der Waals surface area contributed by atoms with Gasteiger partial charge in [-0.1, -0.05) is 6.07 Å². The molecule has 19 heavy (non-hydrogen) atoms. The Bertz CT molecular complexity index is 441. The predicted molar refractivity (Wildman–Crippen MR) is 73.0 cm³/mol. The lowest BCUT2D eigenvalue weighted by molar-refractivity contribution is -0.123. The molecule has 0 radical (unpaired) electrons. The number of hydrogen-bond acceptors (Lipinski definition) is 4. The number of amides is 2. The van der Waals surface area contributed by atoms with Crippen molar-refractivity contribution in [1.29, 1.82) is 0 Å². The smallest absolute Gasteiger partial charge is 0.261 e. The van der Waals surface area contributed by atoms with Crippen molar-refractivity contribution >= 4 is 23.2 Å². The van der Waals surface area contributed by atoms with Gasteiger partial charge in [0.15, 0.2) is 0 Å². The molecular formula is C13H18N2O3S. The van der Waals surface area contributed by atoms with Gasteiger partial charge in [0.25, 0.3) is 5.91 Å². The number of aliphatic hydroxyl groups is 1. The van der Waals surface area contributed by atoms with E-state index in [0.29, 0.717) is 17.3 Å². The largest absolute Gasteiger partial charge is 0.393 e. The summed E-state index contributed by atoms with van der Waals surface area (Å²) in [7, 11) is 0. The van der Waals surface area contributed by atoms with Gasteiger partial charge in [-0.3, -0.25) is 9.59 Å². The highest BCUT2D eigenvalue weighted by Gasteiger charge is 2.27. The molecule has 1 aliphatic rings. The Balaban J connectivity index is 1.71. The van der Waals surface area contributed by atoms with Crippen molar-refractivity contribution in [3.05, 3.63) is 22.4 Å². The summed E-state index contributed by atoms with van der Waals surface area (Å²) in [5.41, 5.74) is 0. The van der Waals surface area contributed by atoms with Crippen LogP contribution in [0.25, 0.3) is 0 Å². The summed E-state index contributed by atoms with van der Waals surface area (Å²) < 4.78 is 0. The minimum atomic E-state index is -0.556. The molecule has 1 fully saturated rings. The maximum Gasteiger partial charge on any atom is 0.261 e. The quantitative estimate of drug-likeness (QED) is 0.746. The third kappa shape index (κ3) is 3.78. The standard InChI is InChI=1S/C13H18N2O3S/c1-8(15-13(18)11-3-2-4-19-11)12(17)14-7-9-5-10(16)6-9/h2-4,8-10,16H,5-7H2,1H3,(H,14,17)(H,15,18). The molecule has 1 aromatic rings. The van der Waals surface area contributed by atoms with Crippen LogP contribution in [0.5, 0.6) is 0 Å². The first-order valence-electron chi connectivity index (χ1n) is 6.36. The lowest BCUT2D eigenvalue weighted by Crippen LogP contribution is -2.47. The van der Waals surface area contributed by atoms with Crippen molar-refractivity contribution in [3.8, 4) is 0 Å². The lowest BCUT2D eigenvalue weighted by atomic mass is 9.82. The van der Waals surface area contributed by atoms with Crippen molar-refractivity contribution in [2.45, 2.75) is 31.9 Å². The molecule has 104 valence electrons. The zero-order valence-corrected chi connectivity index (χ0v) is 11.6. The second-order valence-corrected chi connectivity index (χ2v) is 5.86. The van der Waals surface area contributed by atoms with Crippen molar-refractivity contribution in [3.63, 3.8) is 0 Å². The van der Waals surface area contributed by atoms with Gasteiger partial charge in [0.1, 0.15) is 6.04 Å². The van der Waals surface area contributed by atoms with E-state index in [-0.39, 0.29) is 17.9 Å². The van der Waals surface area contributed by atoms with Gasteiger partial charge in [0.05, 0.1) is 11.0 Å². The molecule has 0 bridgehead atoms. The van der Waals surface area contributed by atoms with Crippen LogP contribution in [0.4, 0.5) is 0 Å². The van der Waals surface area contributed by atoms with Gasteiger partial charge in [-0.2, -0.15) is 0 Å². The number of carbonyl (C=O) groups excluding carboxylic acids is 2. The normalized spacial score (nSPS) is 23.3. The third-order valence-corrected chi connectivity index (χ3v) is 4.13. The van der Waals surface area contributed by atoms with E-state index in [1.807, 2.05) is 5.38 Å². The Kier molecular flexibility index (Phi) is 4.55. The predicted octanol–water partition coefficient (Wildman–Crippen LogP) is 0.754. The molecule has 1 heterocycles. The highest BCUT2D eigenvalue weighted by atomic mass is 32.1. The van der Waals surface area contributed by atoms with Crippen molar-refractivity contribution in [2.75, 3.05) is 6.54 Å². The number of rotatable bonds is 5. The number of thiophene rings is 1. The molecule has 3 N–H and O–H groups in total. The second-order valence-electron chi connectivity index (χ2n) is 4.91. The van der Waals surface area contributed by atoms with Crippen LogP contribution >= 0.6 is 11.3 Å². The molecule has 0 aromatic carbocycles. The van der Waals surface area contributed by atoms with Crippen LogP contribution in [-0.4, -0.2) is 35.6 Å². The molecule has 1 saturated carbocycles. The summed E-state index contributed by atoms with van der Waals surface area (Å²) in [6.07, 6.45) is 1.28. The van der Waals surface area contributed by atoms with E-state index in [9.17, 15) is 9.59 Å². The third-order valence-electron chi connectivity index (χ3n) is 3.26. The first kappa shape index (κ1) is 14.0. The van der Waals surface area contributed by atoms with Crippen LogP contribution in [0.2, 0.25) is 0 Å². The van der Waals surface area contributed by atoms with E-state index < -0.39 is 6.04 Å². The number of nitrogens with one attached hydrogen (secondary N) is 2. The van der Waals surface area contributed by atoms with Gasteiger partial charge in [0, 0.05) is 6.54 Å². The Labute approximate surface area is 116 Å². The zero-order valence-electron chi connectivity index (χ0n) is 10.8. The molecule has 6 heteroatoms. The first-order chi connectivity index (χ1) is 9.06. The van der Waals surface area contributed by atoms with Crippen molar-refractivity contribution < 1.29 is 14.7 Å². The van der Waals surface area contributed by atoms with E-state index in [2.05, 4.69) is 10.6 Å². The van der Waals surface area contributed by atoms with Crippen LogP contribution in [0.1, 0.15) is 29.4 Å². The minimum Gasteiger partial charge on any atom is -0.393 e. The van der Waals surface area contributed by atoms with Gasteiger partial charge in [0.2, 0.25) is 5.91 Å². The fraction of sp³-hybridized carbons (Fsp3) is 0.538. The van der Waals surface area contributed by atoms with Crippen LogP contribution < -0.4 is 10.6 Å². The summed E-state index contributed by atoms with van der Waals surface area (Å²) in [5, 5.41) is 16.4. The maximum atomic E-state index is 11.8. The van der Waals surface area contributed by atoms with Gasteiger partial charge in [-0.25, -0.2) is 0 Å². The maximum absolute atomic E-state index is 11.8. The fourth-order valence-electron chi connectivity index (χ4n) is 2.01. The summed E-state index contributed by atoms with van der Waals surface area (Å²) in [5.74, 6) is -0.0536. The topological polar surface area (TPSA) is 78.4 Å². The average Bonchev–Trinajstić information content (AvgIpc) is 2.86. The molecule has 0 aliphatic heterocycles. The van der Waals surface area contributed by atoms with Crippen molar-refractivity contribution in [1.82, 2.24) is 10.6 Å². The molecule has 0 spiro atoms. The highest BCUT2D eigenvalue weighted by Crippen LogP contribution is 2.26. The second kappa shape index (κ2) is 6.16. The van der Waals surface area contributed by atoms with Crippen LogP contribution in [0.15, 0.2) is 17.5 Å². The molecule has 1 aromatic heterocycles. The monoisotopic (exact) mass is 282 g/mol. The van der Waals surface area contributed by atoms with Gasteiger partial charge >= 0.3 is 0 Å². The van der Waals surface area contributed by atoms with Crippen molar-refractivity contribution in [2.24, 2.45) is 5.92 Å². The molecule has 5 nitrogen and oxygen atoms in total. The summed E-state index contributed by atoms with van der Waals surface area (Å²) in [4.78, 5) is 24.1. The Morgan fingerprint density at radius 1 is 1.53 bits per heavy atom. The van der Waals surface area contributed by atoms with E-state index in [0.717, 1.165) is 12.8 Å². The molecule has 1 unspecified atom stereocenters. The van der Waals surface area contributed by atoms with Gasteiger partial charge < -0.3 is 15.7 Å². The number of hydrogen-bond donors (Lipinski definition) is 3. The summed E-state index contributed by atoms with van der Waals surface area (Å²) in [6.45, 7) is 2.23. The Morgan fingerprint density at radius 2 is 2.26 bits per heavy atom. The average molecular weight is 282 g/mol. The molecule has 1 aliphatic carbocycles. The summed E-state index contributed by atoms with van der Waals surface area (Å²) in [6, 6.07) is 2.96. The minimum absolute atomic E-state index is 0.189. The number of aliphatic hydroxyl groups excluding tert-OH is 1. The van der Waals surface area contributed by atoms with E-state index in [1.54, 1.807) is 19.1 Å². The Hall–Kier alpha value is -1.40. The number of carbonyl (C=O) groups is 2. The zero-order chi connectivity index (χ0) is 13.8. The van der Waals surface area contributed by atoms with Crippen LogP contribution in [-0.2, 0) is 4.79 Å². The Morgan fingerprint density at radius 3 is 2.84 bits per heavy atom. The van der Waals surface area contributed by atoms with E-state index >= 15 is 0 Å². The molecule has 2 amide bonds. The van der Waals surface area contributed by atoms with E-state index in [4.69, 9.17) is 5.11 Å². The first-order valence-corrected chi connectivity index (χ1v) is 7.24. The molecule has 1 atom stereocenters. The fourth-order valence-corrected chi connectivity index (χ4v) is 2.63. The van der Waals surface area contributed by atoms with Gasteiger partial charge in [-0.15, -0.1) is 11.3 Å². The molecule has 0 saturated heterocycles. The van der Waals surface area contributed by atoms with Crippen LogP contribution in [0.3, 0.4) is 0 Å². The van der Waals surface area contributed by atoms with Gasteiger partial charge in [-0.05, 0) is 37.1 Å². The SMILES string of the molecule is CC(NC(=O)c1cccs1)C(=O)NCC1CC(O)C1.